The van der Waals surface area contributed by atoms with Crippen molar-refractivity contribution >= 4 is 5.91 Å². The van der Waals surface area contributed by atoms with Crippen LogP contribution in [-0.2, 0) is 4.79 Å². The summed E-state index contributed by atoms with van der Waals surface area (Å²) in [5, 5.41) is 2.95. The van der Waals surface area contributed by atoms with E-state index in [1.54, 1.807) is 0 Å². The molecule has 2 saturated heterocycles. The fraction of sp³-hybridized carbons (Fsp3) is 0.909. The van der Waals surface area contributed by atoms with Crippen molar-refractivity contribution in [1.29, 1.82) is 0 Å². The minimum Gasteiger partial charge on any atom is -0.338 e. The maximum atomic E-state index is 13.0. The number of carbonyl (C=O) groups excluding carboxylic acids is 1. The summed E-state index contributed by atoms with van der Waals surface area (Å²) in [6, 6.07) is 0.0192. The lowest BCUT2D eigenvalue weighted by atomic mass is 10.0. The summed E-state index contributed by atoms with van der Waals surface area (Å²) in [4.78, 5) is 13.9. The van der Waals surface area contributed by atoms with Crippen molar-refractivity contribution in [1.82, 2.24) is 10.2 Å². The minimum absolute atomic E-state index is 0.0898. The molecule has 0 aromatic carbocycles. The molecule has 2 aliphatic heterocycles. The molecule has 2 heterocycles. The Balaban J connectivity index is 1.96. The van der Waals surface area contributed by atoms with Crippen LogP contribution in [0.25, 0.3) is 0 Å². The van der Waals surface area contributed by atoms with Crippen LogP contribution < -0.4 is 5.32 Å². The molecule has 0 aliphatic carbocycles. The second-order valence-electron chi connectivity index (χ2n) is 4.83. The van der Waals surface area contributed by atoms with Gasteiger partial charge in [-0.2, -0.15) is 0 Å². The Morgan fingerprint density at radius 3 is 2.67 bits per heavy atom. The van der Waals surface area contributed by atoms with Gasteiger partial charge in [-0.3, -0.25) is 4.79 Å². The molecular weight excluding hydrogens is 195 g/mol. The van der Waals surface area contributed by atoms with Crippen LogP contribution >= 0.6 is 0 Å². The van der Waals surface area contributed by atoms with Crippen molar-refractivity contribution in [2.24, 2.45) is 5.92 Å². The van der Waals surface area contributed by atoms with E-state index in [1.807, 2.05) is 4.90 Å². The Bertz CT molecular complexity index is 259. The molecule has 0 aromatic rings. The first-order valence-electron chi connectivity index (χ1n) is 5.77. The summed E-state index contributed by atoms with van der Waals surface area (Å²) in [6.45, 7) is 5.40. The Morgan fingerprint density at radius 1 is 1.47 bits per heavy atom. The number of rotatable bonds is 1. The fourth-order valence-corrected chi connectivity index (χ4v) is 2.49. The van der Waals surface area contributed by atoms with Gasteiger partial charge in [0.05, 0.1) is 6.04 Å². The zero-order valence-electron chi connectivity index (χ0n) is 9.37. The standard InChI is InChI=1S/C11H19FN2O/c1-7-3-4-14(8(7)2)11(15)10-5-9(12)6-13-10/h7-10,13H,3-6H2,1-2H3/t7?,8?,9-,10+/m0/s1. The third-order valence-corrected chi connectivity index (χ3v) is 3.80. The predicted octanol–water partition coefficient (Wildman–Crippen LogP) is 0.943. The number of nitrogens with one attached hydrogen (secondary N) is 1. The molecule has 2 unspecified atom stereocenters. The van der Waals surface area contributed by atoms with E-state index >= 15 is 0 Å². The number of halogens is 1. The van der Waals surface area contributed by atoms with Gasteiger partial charge in [0.2, 0.25) is 5.91 Å². The normalized spacial score (nSPS) is 41.1. The van der Waals surface area contributed by atoms with Crippen molar-refractivity contribution in [3.05, 3.63) is 0 Å². The zero-order chi connectivity index (χ0) is 11.0. The summed E-state index contributed by atoms with van der Waals surface area (Å²) in [7, 11) is 0. The van der Waals surface area contributed by atoms with E-state index in [1.165, 1.54) is 0 Å². The molecule has 0 radical (unpaired) electrons. The van der Waals surface area contributed by atoms with Crippen molar-refractivity contribution in [2.45, 2.75) is 44.9 Å². The van der Waals surface area contributed by atoms with Crippen LogP contribution in [0.4, 0.5) is 4.39 Å². The lowest BCUT2D eigenvalue weighted by Crippen LogP contribution is -2.45. The Hall–Kier alpha value is -0.640. The van der Waals surface area contributed by atoms with Gasteiger partial charge in [-0.1, -0.05) is 6.92 Å². The number of nitrogens with zero attached hydrogens (tertiary/aromatic N) is 1. The molecule has 15 heavy (non-hydrogen) atoms. The SMILES string of the molecule is CC1CCN(C(=O)[C@H]2C[C@H](F)CN2)C1C. The van der Waals surface area contributed by atoms with Gasteiger partial charge in [-0.15, -0.1) is 0 Å². The highest BCUT2D eigenvalue weighted by Crippen LogP contribution is 2.25. The maximum Gasteiger partial charge on any atom is 0.240 e. The molecule has 3 nitrogen and oxygen atoms in total. The third-order valence-electron chi connectivity index (χ3n) is 3.80. The van der Waals surface area contributed by atoms with E-state index in [2.05, 4.69) is 19.2 Å². The van der Waals surface area contributed by atoms with Gasteiger partial charge in [0.1, 0.15) is 6.17 Å². The summed E-state index contributed by atoms with van der Waals surface area (Å²) in [5.74, 6) is 0.656. The molecule has 0 saturated carbocycles. The van der Waals surface area contributed by atoms with Crippen molar-refractivity contribution in [3.63, 3.8) is 0 Å². The number of alkyl halides is 1. The molecule has 0 spiro atoms. The van der Waals surface area contributed by atoms with Crippen molar-refractivity contribution in [2.75, 3.05) is 13.1 Å². The highest BCUT2D eigenvalue weighted by molar-refractivity contribution is 5.82. The highest BCUT2D eigenvalue weighted by Gasteiger charge is 2.37. The van der Waals surface area contributed by atoms with E-state index in [9.17, 15) is 9.18 Å². The Kier molecular flexibility index (Phi) is 2.96. The predicted molar refractivity (Wildman–Crippen MR) is 56.3 cm³/mol. The average molecular weight is 214 g/mol. The quantitative estimate of drug-likeness (QED) is 0.704. The molecule has 86 valence electrons. The average Bonchev–Trinajstić information content (AvgIpc) is 2.75. The molecule has 1 N–H and O–H groups in total. The Labute approximate surface area is 90.0 Å². The minimum atomic E-state index is -0.853. The first-order chi connectivity index (χ1) is 7.09. The summed E-state index contributed by atoms with van der Waals surface area (Å²) in [5.41, 5.74) is 0. The molecular formula is C11H19FN2O. The molecule has 0 aromatic heterocycles. The third kappa shape index (κ3) is 2.00. The number of likely N-dealkylation sites (tertiary alicyclic amines) is 1. The van der Waals surface area contributed by atoms with E-state index in [-0.39, 0.29) is 11.9 Å². The van der Waals surface area contributed by atoms with Crippen LogP contribution in [0.2, 0.25) is 0 Å². The van der Waals surface area contributed by atoms with Crippen molar-refractivity contribution in [3.8, 4) is 0 Å². The number of hydrogen-bond acceptors (Lipinski definition) is 2. The van der Waals surface area contributed by atoms with Gasteiger partial charge in [0.25, 0.3) is 0 Å². The first-order valence-corrected chi connectivity index (χ1v) is 5.77. The number of hydrogen-bond donors (Lipinski definition) is 1. The number of carbonyl (C=O) groups is 1. The number of amides is 1. The van der Waals surface area contributed by atoms with Crippen LogP contribution in [-0.4, -0.2) is 42.2 Å². The monoisotopic (exact) mass is 214 g/mol. The van der Waals surface area contributed by atoms with Gasteiger partial charge in [-0.25, -0.2) is 4.39 Å². The molecule has 4 atom stereocenters. The largest absolute Gasteiger partial charge is 0.338 e. The van der Waals surface area contributed by atoms with Gasteiger partial charge in [-0.05, 0) is 19.3 Å². The van der Waals surface area contributed by atoms with Crippen LogP contribution in [0.3, 0.4) is 0 Å². The maximum absolute atomic E-state index is 13.0. The second kappa shape index (κ2) is 4.08. The summed E-state index contributed by atoms with van der Waals surface area (Å²) >= 11 is 0. The highest BCUT2D eigenvalue weighted by atomic mass is 19.1. The lowest BCUT2D eigenvalue weighted by molar-refractivity contribution is -0.134. The zero-order valence-corrected chi connectivity index (χ0v) is 9.37. The molecule has 2 rings (SSSR count). The Morgan fingerprint density at radius 2 is 2.20 bits per heavy atom. The molecule has 1 amide bonds. The van der Waals surface area contributed by atoms with E-state index in [0.29, 0.717) is 24.9 Å². The van der Waals surface area contributed by atoms with Gasteiger partial charge >= 0.3 is 0 Å². The van der Waals surface area contributed by atoms with Gasteiger partial charge < -0.3 is 10.2 Å². The second-order valence-corrected chi connectivity index (χ2v) is 4.83. The fourth-order valence-electron chi connectivity index (χ4n) is 2.49. The molecule has 2 aliphatic rings. The van der Waals surface area contributed by atoms with E-state index < -0.39 is 6.17 Å². The molecule has 4 heteroatoms. The van der Waals surface area contributed by atoms with E-state index in [0.717, 1.165) is 13.0 Å². The van der Waals surface area contributed by atoms with Crippen LogP contribution in [0.15, 0.2) is 0 Å². The van der Waals surface area contributed by atoms with Crippen LogP contribution in [0.1, 0.15) is 26.7 Å². The summed E-state index contributed by atoms with van der Waals surface area (Å²) in [6.07, 6.45) is 0.559. The first kappa shape index (κ1) is 10.9. The van der Waals surface area contributed by atoms with E-state index in [4.69, 9.17) is 0 Å². The van der Waals surface area contributed by atoms with Crippen molar-refractivity contribution < 1.29 is 9.18 Å². The molecule has 2 fully saturated rings. The summed E-state index contributed by atoms with van der Waals surface area (Å²) < 4.78 is 13.0. The van der Waals surface area contributed by atoms with Gasteiger partial charge in [0.15, 0.2) is 0 Å². The lowest BCUT2D eigenvalue weighted by Gasteiger charge is -2.26. The smallest absolute Gasteiger partial charge is 0.240 e. The van der Waals surface area contributed by atoms with Crippen LogP contribution in [0, 0.1) is 5.92 Å². The topological polar surface area (TPSA) is 32.3 Å². The molecule has 0 bridgehead atoms. The van der Waals surface area contributed by atoms with Gasteiger partial charge in [0, 0.05) is 25.6 Å². The van der Waals surface area contributed by atoms with Crippen LogP contribution in [0.5, 0.6) is 0 Å².